The van der Waals surface area contributed by atoms with Crippen LogP contribution in [0, 0.1) is 6.92 Å². The number of aryl methyl sites for hydroxylation is 1. The molecule has 5 nitrogen and oxygen atoms in total. The summed E-state index contributed by atoms with van der Waals surface area (Å²) < 4.78 is 11.3. The van der Waals surface area contributed by atoms with E-state index in [0.717, 1.165) is 16.5 Å². The quantitative estimate of drug-likeness (QED) is 0.855. The average molecular weight is 313 g/mol. The Morgan fingerprint density at radius 2 is 2.05 bits per heavy atom. The summed E-state index contributed by atoms with van der Waals surface area (Å²) in [6, 6.07) is 1.78. The second-order valence-electron chi connectivity index (χ2n) is 4.47. The maximum atomic E-state index is 12.3. The van der Waals surface area contributed by atoms with E-state index < -0.39 is 16.8 Å². The molecule has 1 aliphatic rings. The highest BCUT2D eigenvalue weighted by molar-refractivity contribution is 7.85. The fourth-order valence-electron chi connectivity index (χ4n) is 1.91. The summed E-state index contributed by atoms with van der Waals surface area (Å²) >= 11 is 1.29. The minimum atomic E-state index is -1.01. The second-order valence-corrected chi connectivity index (χ2v) is 7.25. The lowest BCUT2D eigenvalue weighted by molar-refractivity contribution is -0.131. The number of carbonyl (C=O) groups excluding carboxylic acids is 1. The van der Waals surface area contributed by atoms with Crippen LogP contribution in [0.25, 0.3) is 6.08 Å². The van der Waals surface area contributed by atoms with Gasteiger partial charge in [-0.1, -0.05) is 0 Å². The predicted octanol–water partition coefficient (Wildman–Crippen LogP) is 1.36. The van der Waals surface area contributed by atoms with E-state index in [-0.39, 0.29) is 5.91 Å². The molecule has 0 atom stereocenters. The zero-order valence-electron chi connectivity index (χ0n) is 11.0. The third-order valence-electron chi connectivity index (χ3n) is 3.01. The number of aliphatic carboxylic acids is 1. The smallest absolute Gasteiger partial charge is 0.328 e. The molecule has 108 valence electrons. The van der Waals surface area contributed by atoms with Gasteiger partial charge in [0.25, 0.3) is 5.91 Å². The minimum absolute atomic E-state index is 0.0650. The number of hydrogen-bond donors (Lipinski definition) is 1. The molecule has 20 heavy (non-hydrogen) atoms. The zero-order valence-corrected chi connectivity index (χ0v) is 12.6. The fourth-order valence-corrected chi connectivity index (χ4v) is 4.01. The predicted molar refractivity (Wildman–Crippen MR) is 79.5 cm³/mol. The molecule has 0 aromatic carbocycles. The minimum Gasteiger partial charge on any atom is -0.478 e. The highest BCUT2D eigenvalue weighted by Gasteiger charge is 2.22. The Morgan fingerprint density at radius 1 is 1.40 bits per heavy atom. The monoisotopic (exact) mass is 313 g/mol. The molecule has 2 rings (SSSR count). The van der Waals surface area contributed by atoms with Crippen LogP contribution in [0.3, 0.4) is 0 Å². The first-order valence-corrected chi connectivity index (χ1v) is 8.43. The third kappa shape index (κ3) is 3.55. The lowest BCUT2D eigenvalue weighted by Crippen LogP contribution is -2.41. The van der Waals surface area contributed by atoms with Crippen LogP contribution in [0.4, 0.5) is 0 Å². The number of carboxylic acids is 1. The largest absolute Gasteiger partial charge is 0.478 e. The van der Waals surface area contributed by atoms with Gasteiger partial charge in [-0.05, 0) is 24.6 Å². The van der Waals surface area contributed by atoms with Gasteiger partial charge in [-0.3, -0.25) is 9.00 Å². The molecule has 1 aliphatic heterocycles. The van der Waals surface area contributed by atoms with Crippen LogP contribution in [0.2, 0.25) is 0 Å². The molecular formula is C13H15NO4S2. The summed E-state index contributed by atoms with van der Waals surface area (Å²) in [7, 11) is -0.808. The van der Waals surface area contributed by atoms with Gasteiger partial charge in [0.15, 0.2) is 0 Å². The second kappa shape index (κ2) is 6.32. The first-order valence-electron chi connectivity index (χ1n) is 6.13. The number of thiophene rings is 1. The Morgan fingerprint density at radius 3 is 2.65 bits per heavy atom. The number of rotatable bonds is 3. The van der Waals surface area contributed by atoms with Crippen LogP contribution in [-0.2, 0) is 15.6 Å². The Balaban J connectivity index is 2.13. The molecule has 0 unspecified atom stereocenters. The normalized spacial score (nSPS) is 16.8. The van der Waals surface area contributed by atoms with Crippen molar-refractivity contribution in [2.24, 2.45) is 0 Å². The molecule has 2 heterocycles. The molecule has 7 heteroatoms. The van der Waals surface area contributed by atoms with E-state index in [0.29, 0.717) is 29.5 Å². The Kier molecular flexibility index (Phi) is 4.72. The van der Waals surface area contributed by atoms with Crippen molar-refractivity contribution in [1.29, 1.82) is 0 Å². The molecule has 0 radical (unpaired) electrons. The van der Waals surface area contributed by atoms with E-state index >= 15 is 0 Å². The SMILES string of the molecule is Cc1cc(C(=O)N2CCS(=O)CC2)sc1/C=C/C(=O)O. The van der Waals surface area contributed by atoms with E-state index in [9.17, 15) is 13.8 Å². The Labute approximate surface area is 123 Å². The van der Waals surface area contributed by atoms with Crippen molar-refractivity contribution in [2.75, 3.05) is 24.6 Å². The molecule has 1 aromatic heterocycles. The van der Waals surface area contributed by atoms with E-state index in [4.69, 9.17) is 5.11 Å². The van der Waals surface area contributed by atoms with Crippen molar-refractivity contribution < 1.29 is 18.9 Å². The summed E-state index contributed by atoms with van der Waals surface area (Å²) in [4.78, 5) is 25.9. The lowest BCUT2D eigenvalue weighted by atomic mass is 10.2. The molecule has 1 amide bonds. The first-order chi connectivity index (χ1) is 9.47. The number of nitrogens with zero attached hydrogens (tertiary/aromatic N) is 1. The summed E-state index contributed by atoms with van der Waals surface area (Å²) in [5, 5.41) is 8.62. The van der Waals surface area contributed by atoms with Crippen molar-refractivity contribution >= 4 is 40.1 Å². The Bertz CT molecular complexity index is 581. The number of amides is 1. The van der Waals surface area contributed by atoms with Crippen LogP contribution in [0.1, 0.15) is 20.1 Å². The average Bonchev–Trinajstić information content (AvgIpc) is 2.78. The number of carbonyl (C=O) groups is 2. The van der Waals surface area contributed by atoms with Crippen LogP contribution in [0.15, 0.2) is 12.1 Å². The van der Waals surface area contributed by atoms with Crippen molar-refractivity contribution in [3.8, 4) is 0 Å². The van der Waals surface area contributed by atoms with Crippen LogP contribution in [0.5, 0.6) is 0 Å². The van der Waals surface area contributed by atoms with E-state index in [1.807, 2.05) is 6.92 Å². The molecule has 0 saturated carbocycles. The van der Waals surface area contributed by atoms with Gasteiger partial charge in [-0.25, -0.2) is 4.79 Å². The highest BCUT2D eigenvalue weighted by Crippen LogP contribution is 2.25. The van der Waals surface area contributed by atoms with Crippen LogP contribution >= 0.6 is 11.3 Å². The molecule has 0 bridgehead atoms. The summed E-state index contributed by atoms with van der Waals surface area (Å²) in [5.41, 5.74) is 0.886. The van der Waals surface area contributed by atoms with Gasteiger partial charge in [0.05, 0.1) is 4.88 Å². The number of hydrogen-bond acceptors (Lipinski definition) is 4. The van der Waals surface area contributed by atoms with Crippen LogP contribution < -0.4 is 0 Å². The lowest BCUT2D eigenvalue weighted by Gasteiger charge is -2.25. The van der Waals surface area contributed by atoms with E-state index in [1.54, 1.807) is 11.0 Å². The van der Waals surface area contributed by atoms with Gasteiger partial charge in [-0.2, -0.15) is 0 Å². The summed E-state index contributed by atoms with van der Waals surface area (Å²) in [5.74, 6) is -0.0158. The molecule has 1 N–H and O–H groups in total. The molecule has 1 fully saturated rings. The first kappa shape index (κ1) is 14.9. The van der Waals surface area contributed by atoms with Crippen molar-refractivity contribution in [3.63, 3.8) is 0 Å². The van der Waals surface area contributed by atoms with Crippen molar-refractivity contribution in [3.05, 3.63) is 27.5 Å². The van der Waals surface area contributed by atoms with Gasteiger partial charge in [-0.15, -0.1) is 11.3 Å². The van der Waals surface area contributed by atoms with Gasteiger partial charge >= 0.3 is 5.97 Å². The molecule has 1 aromatic rings. The summed E-state index contributed by atoms with van der Waals surface area (Å²) in [6.45, 7) is 2.88. The highest BCUT2D eigenvalue weighted by atomic mass is 32.2. The third-order valence-corrected chi connectivity index (χ3v) is 5.48. The van der Waals surface area contributed by atoms with Gasteiger partial charge in [0.2, 0.25) is 0 Å². The zero-order chi connectivity index (χ0) is 14.7. The fraction of sp³-hybridized carbons (Fsp3) is 0.385. The topological polar surface area (TPSA) is 74.7 Å². The van der Waals surface area contributed by atoms with E-state index in [1.165, 1.54) is 17.4 Å². The van der Waals surface area contributed by atoms with Gasteiger partial charge in [0.1, 0.15) is 0 Å². The molecule has 0 aliphatic carbocycles. The molecule has 0 spiro atoms. The van der Waals surface area contributed by atoms with Crippen molar-refractivity contribution in [1.82, 2.24) is 4.90 Å². The maximum Gasteiger partial charge on any atom is 0.328 e. The Hall–Kier alpha value is -1.47. The maximum absolute atomic E-state index is 12.3. The van der Waals surface area contributed by atoms with Gasteiger partial charge < -0.3 is 10.0 Å². The number of carboxylic acid groups (broad SMARTS) is 1. The van der Waals surface area contributed by atoms with Crippen molar-refractivity contribution in [2.45, 2.75) is 6.92 Å². The summed E-state index contributed by atoms with van der Waals surface area (Å²) in [6.07, 6.45) is 2.57. The van der Waals surface area contributed by atoms with Crippen LogP contribution in [-0.4, -0.2) is 50.7 Å². The molecular weight excluding hydrogens is 298 g/mol. The van der Waals surface area contributed by atoms with E-state index in [2.05, 4.69) is 0 Å². The van der Waals surface area contributed by atoms with Gasteiger partial charge in [0, 0.05) is 46.3 Å². The molecule has 1 saturated heterocycles. The standard InChI is InChI=1S/C13H15NO4S2/c1-9-8-11(19-10(9)2-3-12(15)16)13(17)14-4-6-20(18)7-5-14/h2-3,8H,4-7H2,1H3,(H,15,16)/b3-2+.